The molecule has 1 aromatic heterocycles. The van der Waals surface area contributed by atoms with Crippen molar-refractivity contribution in [2.75, 3.05) is 31.1 Å². The van der Waals surface area contributed by atoms with E-state index in [0.29, 0.717) is 51.3 Å². The maximum atomic E-state index is 13.9. The predicted octanol–water partition coefficient (Wildman–Crippen LogP) is 2.23. The van der Waals surface area contributed by atoms with Crippen molar-refractivity contribution in [1.82, 2.24) is 15.2 Å². The fraction of sp³-hybridized carbons (Fsp3) is 0.571. The molecule has 2 aliphatic rings. The summed E-state index contributed by atoms with van der Waals surface area (Å²) in [5.41, 5.74) is -1.10. The van der Waals surface area contributed by atoms with Gasteiger partial charge in [-0.2, -0.15) is 13.2 Å². The van der Waals surface area contributed by atoms with Crippen LogP contribution < -0.4 is 10.2 Å². The maximum absolute atomic E-state index is 13.9. The first-order valence-electron chi connectivity index (χ1n) is 7.38. The van der Waals surface area contributed by atoms with Crippen molar-refractivity contribution in [2.45, 2.75) is 25.1 Å². The number of rotatable bonds is 2. The Morgan fingerprint density at radius 1 is 1.22 bits per heavy atom. The van der Waals surface area contributed by atoms with Crippen LogP contribution in [0.2, 0.25) is 0 Å². The van der Waals surface area contributed by atoms with Gasteiger partial charge in [0, 0.05) is 38.4 Å². The van der Waals surface area contributed by atoms with E-state index in [2.05, 4.69) is 10.3 Å². The molecule has 0 aliphatic carbocycles. The van der Waals surface area contributed by atoms with Crippen molar-refractivity contribution >= 4 is 11.8 Å². The molecule has 9 heteroatoms. The number of carbonyl (C=O) groups is 1. The molecule has 2 aliphatic heterocycles. The molecule has 3 heterocycles. The lowest BCUT2D eigenvalue weighted by Gasteiger charge is -2.36. The molecule has 0 unspecified atom stereocenters. The summed E-state index contributed by atoms with van der Waals surface area (Å²) in [5, 5.41) is 2.73. The monoisotopic (exact) mass is 332 g/mol. The van der Waals surface area contributed by atoms with E-state index in [4.69, 9.17) is 0 Å². The highest BCUT2D eigenvalue weighted by atomic mass is 19.4. The molecule has 0 bridgehead atoms. The summed E-state index contributed by atoms with van der Waals surface area (Å²) >= 11 is 0. The topological polar surface area (TPSA) is 48.5 Å². The lowest BCUT2D eigenvalue weighted by atomic mass is 10.0. The van der Waals surface area contributed by atoms with Crippen LogP contribution in [-0.2, 0) is 6.18 Å². The minimum absolute atomic E-state index is 0.0673. The van der Waals surface area contributed by atoms with Crippen molar-refractivity contribution in [3.63, 3.8) is 0 Å². The molecule has 1 aromatic rings. The van der Waals surface area contributed by atoms with E-state index < -0.39 is 17.6 Å². The van der Waals surface area contributed by atoms with Crippen LogP contribution in [-0.4, -0.2) is 48.1 Å². The number of urea groups is 1. The highest BCUT2D eigenvalue weighted by molar-refractivity contribution is 5.76. The Bertz CT molecular complexity index is 599. The quantitative estimate of drug-likeness (QED) is 0.845. The molecule has 126 valence electrons. The first-order chi connectivity index (χ1) is 10.9. The van der Waals surface area contributed by atoms with Crippen molar-refractivity contribution in [3.8, 4) is 0 Å². The second-order valence-electron chi connectivity index (χ2n) is 5.67. The van der Waals surface area contributed by atoms with Crippen molar-refractivity contribution in [1.29, 1.82) is 0 Å². The van der Waals surface area contributed by atoms with Crippen LogP contribution >= 0.6 is 0 Å². The van der Waals surface area contributed by atoms with E-state index in [9.17, 15) is 22.4 Å². The van der Waals surface area contributed by atoms with Gasteiger partial charge in [-0.15, -0.1) is 0 Å². The fourth-order valence-electron chi connectivity index (χ4n) is 3.04. The summed E-state index contributed by atoms with van der Waals surface area (Å²) in [7, 11) is 0. The van der Waals surface area contributed by atoms with Crippen LogP contribution in [0.3, 0.4) is 0 Å². The molecule has 23 heavy (non-hydrogen) atoms. The molecule has 0 spiro atoms. The van der Waals surface area contributed by atoms with E-state index in [1.807, 2.05) is 0 Å². The Morgan fingerprint density at radius 2 is 1.91 bits per heavy atom. The van der Waals surface area contributed by atoms with Crippen LogP contribution in [0.1, 0.15) is 18.4 Å². The number of nitrogens with zero attached hydrogens (tertiary/aromatic N) is 3. The first kappa shape index (κ1) is 15.8. The summed E-state index contributed by atoms with van der Waals surface area (Å²) in [5.74, 6) is -1.04. The van der Waals surface area contributed by atoms with Gasteiger partial charge in [0.1, 0.15) is 0 Å². The molecular formula is C14H16F4N4O. The minimum Gasteiger partial charge on any atom is -0.354 e. The Kier molecular flexibility index (Phi) is 4.03. The molecule has 0 radical (unpaired) electrons. The molecule has 0 atom stereocenters. The molecule has 0 aromatic carbocycles. The normalized spacial score (nSPS) is 20.1. The molecule has 5 nitrogen and oxygen atoms in total. The van der Waals surface area contributed by atoms with Gasteiger partial charge in [0.05, 0.1) is 5.56 Å². The number of pyridine rings is 1. The van der Waals surface area contributed by atoms with Gasteiger partial charge in [-0.1, -0.05) is 0 Å². The van der Waals surface area contributed by atoms with Gasteiger partial charge in [0.25, 0.3) is 0 Å². The molecule has 3 rings (SSSR count). The van der Waals surface area contributed by atoms with E-state index in [-0.39, 0.29) is 17.9 Å². The van der Waals surface area contributed by atoms with Gasteiger partial charge in [-0.3, -0.25) is 0 Å². The number of piperidine rings is 1. The molecule has 2 saturated heterocycles. The minimum atomic E-state index is -4.61. The summed E-state index contributed by atoms with van der Waals surface area (Å²) in [6.45, 7) is 2.16. The highest BCUT2D eigenvalue weighted by Gasteiger charge is 2.34. The number of carbonyl (C=O) groups excluding carboxylic acids is 1. The standard InChI is InChI=1S/C14H16F4N4O/c15-11-7-9(14(16,17)18)8-20-12(11)21-4-1-10(2-5-21)22-6-3-19-13(22)23/h7-8,10H,1-6H2,(H,19,23). The Labute approximate surface area is 130 Å². The molecule has 1 N–H and O–H groups in total. The lowest BCUT2D eigenvalue weighted by molar-refractivity contribution is -0.138. The second-order valence-corrected chi connectivity index (χ2v) is 5.67. The van der Waals surface area contributed by atoms with Gasteiger partial charge in [0.2, 0.25) is 0 Å². The predicted molar refractivity (Wildman–Crippen MR) is 74.5 cm³/mol. The largest absolute Gasteiger partial charge is 0.417 e. The molecule has 2 fully saturated rings. The van der Waals surface area contributed by atoms with Crippen LogP contribution in [0.5, 0.6) is 0 Å². The SMILES string of the molecule is O=C1NCCN1C1CCN(c2ncc(C(F)(F)F)cc2F)CC1. The molecular weight excluding hydrogens is 316 g/mol. The number of halogens is 4. The van der Waals surface area contributed by atoms with Crippen molar-refractivity contribution < 1.29 is 22.4 Å². The zero-order chi connectivity index (χ0) is 16.6. The maximum Gasteiger partial charge on any atom is 0.417 e. The third kappa shape index (κ3) is 3.18. The molecule has 0 saturated carbocycles. The number of amides is 2. The van der Waals surface area contributed by atoms with Crippen LogP contribution in [0.4, 0.5) is 28.2 Å². The van der Waals surface area contributed by atoms with E-state index in [1.165, 1.54) is 0 Å². The Hall–Kier alpha value is -2.06. The summed E-state index contributed by atoms with van der Waals surface area (Å²) in [4.78, 5) is 18.7. The van der Waals surface area contributed by atoms with Gasteiger partial charge in [-0.25, -0.2) is 14.2 Å². The third-order valence-electron chi connectivity index (χ3n) is 4.24. The Balaban J connectivity index is 1.67. The number of alkyl halides is 3. The smallest absolute Gasteiger partial charge is 0.354 e. The van der Waals surface area contributed by atoms with Gasteiger partial charge in [-0.05, 0) is 18.9 Å². The summed E-state index contributed by atoms with van der Waals surface area (Å²) in [6, 6.07) is 0.455. The average Bonchev–Trinajstić information content (AvgIpc) is 2.93. The van der Waals surface area contributed by atoms with Gasteiger partial charge < -0.3 is 15.1 Å². The number of nitrogens with one attached hydrogen (secondary N) is 1. The van der Waals surface area contributed by atoms with E-state index in [0.717, 1.165) is 0 Å². The lowest BCUT2D eigenvalue weighted by Crippen LogP contribution is -2.46. The third-order valence-corrected chi connectivity index (χ3v) is 4.24. The van der Waals surface area contributed by atoms with Crippen molar-refractivity contribution in [2.24, 2.45) is 0 Å². The van der Waals surface area contributed by atoms with Gasteiger partial charge in [0.15, 0.2) is 11.6 Å². The average molecular weight is 332 g/mol. The van der Waals surface area contributed by atoms with Crippen LogP contribution in [0.25, 0.3) is 0 Å². The highest BCUT2D eigenvalue weighted by Crippen LogP contribution is 2.31. The Morgan fingerprint density at radius 3 is 2.43 bits per heavy atom. The first-order valence-corrected chi connectivity index (χ1v) is 7.38. The number of aromatic nitrogens is 1. The second kappa shape index (κ2) is 5.86. The number of hydrogen-bond donors (Lipinski definition) is 1. The van der Waals surface area contributed by atoms with E-state index >= 15 is 0 Å². The zero-order valence-corrected chi connectivity index (χ0v) is 12.2. The van der Waals surface area contributed by atoms with Crippen LogP contribution in [0, 0.1) is 5.82 Å². The van der Waals surface area contributed by atoms with Crippen LogP contribution in [0.15, 0.2) is 12.3 Å². The zero-order valence-electron chi connectivity index (χ0n) is 12.2. The number of anilines is 1. The van der Waals surface area contributed by atoms with Gasteiger partial charge >= 0.3 is 12.2 Å². The molecule has 2 amide bonds. The number of hydrogen-bond acceptors (Lipinski definition) is 3. The summed E-state index contributed by atoms with van der Waals surface area (Å²) < 4.78 is 51.6. The van der Waals surface area contributed by atoms with Crippen molar-refractivity contribution in [3.05, 3.63) is 23.6 Å². The fourth-order valence-corrected chi connectivity index (χ4v) is 3.04. The summed E-state index contributed by atoms with van der Waals surface area (Å²) in [6.07, 6.45) is -2.69. The van der Waals surface area contributed by atoms with E-state index in [1.54, 1.807) is 9.80 Å².